The quantitative estimate of drug-likeness (QED) is 0.445. The Hall–Kier alpha value is -3.02. The maximum absolute atomic E-state index is 12.0. The van der Waals surface area contributed by atoms with E-state index in [0.717, 1.165) is 5.56 Å². The molecule has 0 radical (unpaired) electrons. The van der Waals surface area contributed by atoms with Crippen LogP contribution in [-0.2, 0) is 21.4 Å². The Bertz CT molecular complexity index is 944. The molecule has 144 valence electrons. The number of rotatable bonds is 8. The van der Waals surface area contributed by atoms with E-state index in [0.29, 0.717) is 12.2 Å². The molecule has 11 heteroatoms. The lowest BCUT2D eigenvalue weighted by Gasteiger charge is -2.10. The largest absolute Gasteiger partial charge is 0.494 e. The lowest BCUT2D eigenvalue weighted by atomic mass is 10.2. The van der Waals surface area contributed by atoms with Crippen molar-refractivity contribution in [1.29, 1.82) is 0 Å². The van der Waals surface area contributed by atoms with Crippen molar-refractivity contribution in [1.82, 2.24) is 5.32 Å². The molecule has 10 nitrogen and oxygen atoms in total. The van der Waals surface area contributed by atoms with Crippen LogP contribution >= 0.6 is 0 Å². The van der Waals surface area contributed by atoms with Gasteiger partial charge in [0.05, 0.1) is 35.2 Å². The first-order valence-electron chi connectivity index (χ1n) is 7.65. The summed E-state index contributed by atoms with van der Waals surface area (Å²) < 4.78 is 27.4. The minimum atomic E-state index is -3.74. The number of hydrogen-bond donors (Lipinski definition) is 3. The molecule has 0 spiro atoms. The van der Waals surface area contributed by atoms with Crippen LogP contribution in [0, 0.1) is 10.1 Å². The Labute approximate surface area is 155 Å². The topological polar surface area (TPSA) is 154 Å². The molecule has 2 rings (SSSR count). The molecular weight excluding hydrogens is 376 g/mol. The van der Waals surface area contributed by atoms with E-state index in [1.54, 1.807) is 12.1 Å². The zero-order chi connectivity index (χ0) is 20.0. The van der Waals surface area contributed by atoms with Gasteiger partial charge in [0.25, 0.3) is 5.69 Å². The van der Waals surface area contributed by atoms with Gasteiger partial charge in [-0.2, -0.15) is 0 Å². The third kappa shape index (κ3) is 5.74. The van der Waals surface area contributed by atoms with E-state index in [-0.39, 0.29) is 28.8 Å². The standard InChI is InChI=1S/C16H18N4O6S/c1-26-15-8-12(20(22)23)4-7-14(15)19-16(21)10-18-9-11-2-5-13(6-3-11)27(17,24)25/h2-8,18H,9-10H2,1H3,(H,19,21)(H2,17,24,25). The van der Waals surface area contributed by atoms with E-state index >= 15 is 0 Å². The summed E-state index contributed by atoms with van der Waals surface area (Å²) >= 11 is 0. The van der Waals surface area contributed by atoms with Crippen LogP contribution in [0.4, 0.5) is 11.4 Å². The van der Waals surface area contributed by atoms with Gasteiger partial charge in [0.2, 0.25) is 15.9 Å². The van der Waals surface area contributed by atoms with Crippen LogP contribution in [0.15, 0.2) is 47.4 Å². The molecule has 0 unspecified atom stereocenters. The first kappa shape index (κ1) is 20.3. The van der Waals surface area contributed by atoms with E-state index in [1.165, 1.54) is 37.4 Å². The normalized spacial score (nSPS) is 11.0. The number of nitro groups is 1. The van der Waals surface area contributed by atoms with E-state index in [4.69, 9.17) is 9.88 Å². The van der Waals surface area contributed by atoms with Gasteiger partial charge in [-0.3, -0.25) is 14.9 Å². The number of anilines is 1. The Kier molecular flexibility index (Phi) is 6.45. The molecule has 0 aliphatic carbocycles. The maximum atomic E-state index is 12.0. The second kappa shape index (κ2) is 8.58. The second-order valence-corrected chi connectivity index (χ2v) is 7.04. The highest BCUT2D eigenvalue weighted by Gasteiger charge is 2.13. The summed E-state index contributed by atoms with van der Waals surface area (Å²) in [6, 6.07) is 9.81. The number of nitrogens with one attached hydrogen (secondary N) is 2. The van der Waals surface area contributed by atoms with E-state index in [9.17, 15) is 23.3 Å². The predicted molar refractivity (Wildman–Crippen MR) is 97.8 cm³/mol. The summed E-state index contributed by atoms with van der Waals surface area (Å²) in [6.45, 7) is 0.298. The van der Waals surface area contributed by atoms with Gasteiger partial charge in [-0.05, 0) is 23.8 Å². The number of nitro benzene ring substituents is 1. The van der Waals surface area contributed by atoms with Gasteiger partial charge < -0.3 is 15.4 Å². The summed E-state index contributed by atoms with van der Waals surface area (Å²) in [5.74, 6) is -0.195. The zero-order valence-corrected chi connectivity index (χ0v) is 15.2. The number of primary sulfonamides is 1. The minimum absolute atomic E-state index is 0.00857. The number of amides is 1. The highest BCUT2D eigenvalue weighted by Crippen LogP contribution is 2.28. The maximum Gasteiger partial charge on any atom is 0.273 e. The third-order valence-corrected chi connectivity index (χ3v) is 4.47. The van der Waals surface area contributed by atoms with Crippen molar-refractivity contribution in [3.63, 3.8) is 0 Å². The van der Waals surface area contributed by atoms with Gasteiger partial charge in [-0.25, -0.2) is 13.6 Å². The summed E-state index contributed by atoms with van der Waals surface area (Å²) in [5.41, 5.74) is 0.932. The number of nitrogens with zero attached hydrogens (tertiary/aromatic N) is 1. The van der Waals surface area contributed by atoms with Crippen molar-refractivity contribution >= 4 is 27.3 Å². The molecule has 0 bridgehead atoms. The van der Waals surface area contributed by atoms with Crippen molar-refractivity contribution in [2.45, 2.75) is 11.4 Å². The summed E-state index contributed by atoms with van der Waals surface area (Å²) in [7, 11) is -2.40. The van der Waals surface area contributed by atoms with Crippen LogP contribution in [0.5, 0.6) is 5.75 Å². The number of carbonyl (C=O) groups is 1. The Morgan fingerprint density at radius 2 is 1.89 bits per heavy atom. The number of non-ortho nitro benzene ring substituents is 1. The minimum Gasteiger partial charge on any atom is -0.494 e. The molecule has 0 aromatic heterocycles. The van der Waals surface area contributed by atoms with E-state index < -0.39 is 14.9 Å². The van der Waals surface area contributed by atoms with Crippen LogP contribution in [-0.4, -0.2) is 32.9 Å². The fourth-order valence-electron chi connectivity index (χ4n) is 2.21. The van der Waals surface area contributed by atoms with Crippen LogP contribution in [0.3, 0.4) is 0 Å². The number of nitrogens with two attached hydrogens (primary N) is 1. The van der Waals surface area contributed by atoms with Gasteiger partial charge in [0.15, 0.2) is 0 Å². The van der Waals surface area contributed by atoms with E-state index in [1.807, 2.05) is 0 Å². The Morgan fingerprint density at radius 3 is 2.44 bits per heavy atom. The van der Waals surface area contributed by atoms with Crippen molar-refractivity contribution in [2.24, 2.45) is 5.14 Å². The molecular formula is C16H18N4O6S. The van der Waals surface area contributed by atoms with Crippen molar-refractivity contribution in [3.05, 3.63) is 58.1 Å². The Balaban J connectivity index is 1.90. The molecule has 0 heterocycles. The molecule has 4 N–H and O–H groups in total. The highest BCUT2D eigenvalue weighted by atomic mass is 32.2. The average molecular weight is 394 g/mol. The number of hydrogen-bond acceptors (Lipinski definition) is 7. The van der Waals surface area contributed by atoms with Gasteiger partial charge in [-0.1, -0.05) is 12.1 Å². The lowest BCUT2D eigenvalue weighted by molar-refractivity contribution is -0.384. The fraction of sp³-hybridized carbons (Fsp3) is 0.188. The number of sulfonamides is 1. The molecule has 0 aliphatic rings. The first-order valence-corrected chi connectivity index (χ1v) is 9.20. The summed E-state index contributed by atoms with van der Waals surface area (Å²) in [6.07, 6.45) is 0. The molecule has 27 heavy (non-hydrogen) atoms. The number of ether oxygens (including phenoxy) is 1. The summed E-state index contributed by atoms with van der Waals surface area (Å²) in [5, 5.41) is 21.3. The van der Waals surface area contributed by atoms with Crippen LogP contribution in [0.25, 0.3) is 0 Å². The van der Waals surface area contributed by atoms with Crippen LogP contribution in [0.2, 0.25) is 0 Å². The predicted octanol–water partition coefficient (Wildman–Crippen LogP) is 0.979. The molecule has 0 fully saturated rings. The van der Waals surface area contributed by atoms with Crippen LogP contribution in [0.1, 0.15) is 5.56 Å². The summed E-state index contributed by atoms with van der Waals surface area (Å²) in [4.78, 5) is 22.2. The molecule has 0 atom stereocenters. The Morgan fingerprint density at radius 1 is 1.22 bits per heavy atom. The highest BCUT2D eigenvalue weighted by molar-refractivity contribution is 7.89. The molecule has 0 saturated carbocycles. The van der Waals surface area contributed by atoms with Crippen LogP contribution < -0.4 is 20.5 Å². The number of methoxy groups -OCH3 is 1. The zero-order valence-electron chi connectivity index (χ0n) is 14.3. The molecule has 2 aromatic rings. The first-order chi connectivity index (χ1) is 12.7. The molecule has 0 saturated heterocycles. The van der Waals surface area contributed by atoms with Crippen molar-refractivity contribution in [3.8, 4) is 5.75 Å². The van der Waals surface area contributed by atoms with Gasteiger partial charge in [0.1, 0.15) is 5.75 Å². The fourth-order valence-corrected chi connectivity index (χ4v) is 2.72. The second-order valence-electron chi connectivity index (χ2n) is 5.48. The SMILES string of the molecule is COc1cc([N+](=O)[O-])ccc1NC(=O)CNCc1ccc(S(N)(=O)=O)cc1. The van der Waals surface area contributed by atoms with Crippen molar-refractivity contribution < 1.29 is 22.9 Å². The van der Waals surface area contributed by atoms with E-state index in [2.05, 4.69) is 10.6 Å². The number of carbonyl (C=O) groups excluding carboxylic acids is 1. The smallest absolute Gasteiger partial charge is 0.273 e. The lowest BCUT2D eigenvalue weighted by Crippen LogP contribution is -2.27. The molecule has 0 aliphatic heterocycles. The third-order valence-electron chi connectivity index (χ3n) is 3.54. The van der Waals surface area contributed by atoms with Gasteiger partial charge >= 0.3 is 0 Å². The average Bonchev–Trinajstić information content (AvgIpc) is 2.61. The van der Waals surface area contributed by atoms with Gasteiger partial charge in [0, 0.05) is 12.6 Å². The van der Waals surface area contributed by atoms with Crippen molar-refractivity contribution in [2.75, 3.05) is 19.0 Å². The molecule has 2 aromatic carbocycles. The molecule has 1 amide bonds. The number of benzene rings is 2. The monoisotopic (exact) mass is 394 g/mol. The van der Waals surface area contributed by atoms with Gasteiger partial charge in [-0.15, -0.1) is 0 Å².